The van der Waals surface area contributed by atoms with Gasteiger partial charge in [-0.25, -0.2) is 0 Å². The van der Waals surface area contributed by atoms with Gasteiger partial charge in [-0.3, -0.25) is 0 Å². The molecule has 0 saturated heterocycles. The summed E-state index contributed by atoms with van der Waals surface area (Å²) in [6.07, 6.45) is 0. The molecule has 0 spiro atoms. The number of benzene rings is 2. The van der Waals surface area contributed by atoms with Crippen molar-refractivity contribution in [2.45, 2.75) is 18.7 Å². The molecule has 0 heterocycles. The Balaban J connectivity index is 2.38. The second kappa shape index (κ2) is 6.69. The minimum absolute atomic E-state index is 0.539. The maximum atomic E-state index is 9.34. The second-order valence-electron chi connectivity index (χ2n) is 4.21. The molecule has 0 fully saturated rings. The highest BCUT2D eigenvalue weighted by molar-refractivity contribution is 7.99. The van der Waals surface area contributed by atoms with Crippen molar-refractivity contribution in [2.75, 3.05) is 5.75 Å². The topological polar surface area (TPSA) is 33.0 Å². The molecule has 0 amide bonds. The standard InChI is InChI=1S/C16H14ClNOS/c1-3-20-16-6-4-5-14(12(16)10-18)19-15-8-7-11(2)9-13(15)17/h4-9H,3H2,1-2H3. The molecule has 0 atom stereocenters. The molecule has 0 aromatic heterocycles. The van der Waals surface area contributed by atoms with Crippen LogP contribution in [0.2, 0.25) is 5.02 Å². The van der Waals surface area contributed by atoms with Gasteiger partial charge in [0.1, 0.15) is 23.1 Å². The third-order valence-electron chi connectivity index (χ3n) is 2.71. The summed E-state index contributed by atoms with van der Waals surface area (Å²) in [4.78, 5) is 0.927. The van der Waals surface area contributed by atoms with Crippen LogP contribution in [0.5, 0.6) is 11.5 Å². The van der Waals surface area contributed by atoms with E-state index in [2.05, 4.69) is 13.0 Å². The van der Waals surface area contributed by atoms with Crippen LogP contribution in [0.15, 0.2) is 41.3 Å². The molecule has 0 unspecified atom stereocenters. The Morgan fingerprint density at radius 3 is 2.70 bits per heavy atom. The van der Waals surface area contributed by atoms with Crippen LogP contribution >= 0.6 is 23.4 Å². The van der Waals surface area contributed by atoms with Crippen LogP contribution in [0.25, 0.3) is 0 Å². The fourth-order valence-corrected chi connectivity index (χ4v) is 2.84. The summed E-state index contributed by atoms with van der Waals surface area (Å²) in [5.41, 5.74) is 1.62. The van der Waals surface area contributed by atoms with Gasteiger partial charge in [0, 0.05) is 4.90 Å². The molecule has 0 saturated carbocycles. The van der Waals surface area contributed by atoms with E-state index in [1.54, 1.807) is 17.8 Å². The van der Waals surface area contributed by atoms with Crippen molar-refractivity contribution in [3.8, 4) is 17.6 Å². The average molecular weight is 304 g/mol. The SMILES string of the molecule is CCSc1cccc(Oc2ccc(C)cc2Cl)c1C#N. The Hall–Kier alpha value is -1.63. The Labute approximate surface area is 128 Å². The summed E-state index contributed by atoms with van der Waals surface area (Å²) >= 11 is 7.79. The van der Waals surface area contributed by atoms with E-state index in [1.165, 1.54) is 0 Å². The summed E-state index contributed by atoms with van der Waals surface area (Å²) in [7, 11) is 0. The third-order valence-corrected chi connectivity index (χ3v) is 3.94. The van der Waals surface area contributed by atoms with E-state index in [-0.39, 0.29) is 0 Å². The number of thioether (sulfide) groups is 1. The van der Waals surface area contributed by atoms with Crippen LogP contribution in [-0.2, 0) is 0 Å². The number of nitriles is 1. The number of hydrogen-bond donors (Lipinski definition) is 0. The fraction of sp³-hybridized carbons (Fsp3) is 0.188. The van der Waals surface area contributed by atoms with E-state index < -0.39 is 0 Å². The highest BCUT2D eigenvalue weighted by Crippen LogP contribution is 2.35. The molecule has 0 aliphatic heterocycles. The maximum Gasteiger partial charge on any atom is 0.146 e. The van der Waals surface area contributed by atoms with Gasteiger partial charge in [0.05, 0.1) is 5.02 Å². The zero-order valence-electron chi connectivity index (χ0n) is 11.3. The van der Waals surface area contributed by atoms with Crippen LogP contribution in [0.3, 0.4) is 0 Å². The smallest absolute Gasteiger partial charge is 0.146 e. The molecule has 102 valence electrons. The van der Waals surface area contributed by atoms with Gasteiger partial charge in [-0.2, -0.15) is 5.26 Å². The minimum atomic E-state index is 0.539. The molecule has 0 bridgehead atoms. The number of ether oxygens (including phenoxy) is 1. The zero-order valence-corrected chi connectivity index (χ0v) is 12.9. The van der Waals surface area contributed by atoms with Crippen molar-refractivity contribution in [1.29, 1.82) is 5.26 Å². The molecule has 2 rings (SSSR count). The lowest BCUT2D eigenvalue weighted by Crippen LogP contribution is -1.91. The summed E-state index contributed by atoms with van der Waals surface area (Å²) < 4.78 is 5.81. The van der Waals surface area contributed by atoms with Crippen LogP contribution in [0, 0.1) is 18.3 Å². The van der Waals surface area contributed by atoms with E-state index in [0.29, 0.717) is 22.1 Å². The Kier molecular flexibility index (Phi) is 4.94. The summed E-state index contributed by atoms with van der Waals surface area (Å²) in [5.74, 6) is 2.01. The van der Waals surface area contributed by atoms with Gasteiger partial charge in [0.25, 0.3) is 0 Å². The molecule has 20 heavy (non-hydrogen) atoms. The number of rotatable bonds is 4. The third kappa shape index (κ3) is 3.27. The molecule has 0 aliphatic carbocycles. The normalized spacial score (nSPS) is 10.1. The summed E-state index contributed by atoms with van der Waals surface area (Å²) in [6, 6.07) is 13.4. The van der Waals surface area contributed by atoms with Crippen molar-refractivity contribution in [3.05, 3.63) is 52.5 Å². The van der Waals surface area contributed by atoms with Gasteiger partial charge in [-0.15, -0.1) is 11.8 Å². The molecule has 2 nitrogen and oxygen atoms in total. The van der Waals surface area contributed by atoms with Crippen molar-refractivity contribution in [1.82, 2.24) is 0 Å². The molecular formula is C16H14ClNOS. The van der Waals surface area contributed by atoms with E-state index >= 15 is 0 Å². The van der Waals surface area contributed by atoms with E-state index in [1.807, 2.05) is 37.3 Å². The van der Waals surface area contributed by atoms with E-state index in [9.17, 15) is 5.26 Å². The number of halogens is 1. The van der Waals surface area contributed by atoms with E-state index in [4.69, 9.17) is 16.3 Å². The Bertz CT molecular complexity index is 664. The largest absolute Gasteiger partial charge is 0.454 e. The van der Waals surface area contributed by atoms with Crippen LogP contribution in [-0.4, -0.2) is 5.75 Å². The van der Waals surface area contributed by atoms with Crippen LogP contribution in [0.1, 0.15) is 18.1 Å². The highest BCUT2D eigenvalue weighted by atomic mass is 35.5. The molecule has 2 aromatic carbocycles. The molecule has 2 aromatic rings. The first kappa shape index (κ1) is 14.8. The Morgan fingerprint density at radius 1 is 1.25 bits per heavy atom. The monoisotopic (exact) mass is 303 g/mol. The van der Waals surface area contributed by atoms with Gasteiger partial charge in [-0.05, 0) is 42.5 Å². The second-order valence-corrected chi connectivity index (χ2v) is 5.92. The number of nitrogens with zero attached hydrogens (tertiary/aromatic N) is 1. The molecule has 4 heteroatoms. The lowest BCUT2D eigenvalue weighted by Gasteiger charge is -2.11. The molecule has 0 N–H and O–H groups in total. The summed E-state index contributed by atoms with van der Waals surface area (Å²) in [5, 5.41) is 9.88. The highest BCUT2D eigenvalue weighted by Gasteiger charge is 2.11. The molecule has 0 aliphatic rings. The number of hydrogen-bond acceptors (Lipinski definition) is 3. The van der Waals surface area contributed by atoms with Gasteiger partial charge in [0.2, 0.25) is 0 Å². The lowest BCUT2D eigenvalue weighted by molar-refractivity contribution is 0.479. The van der Waals surface area contributed by atoms with Crippen molar-refractivity contribution in [2.24, 2.45) is 0 Å². The first-order valence-electron chi connectivity index (χ1n) is 6.25. The summed E-state index contributed by atoms with van der Waals surface area (Å²) in [6.45, 7) is 4.02. The van der Waals surface area contributed by atoms with Crippen molar-refractivity contribution in [3.63, 3.8) is 0 Å². The van der Waals surface area contributed by atoms with Crippen molar-refractivity contribution < 1.29 is 4.74 Å². The van der Waals surface area contributed by atoms with Crippen molar-refractivity contribution >= 4 is 23.4 Å². The quantitative estimate of drug-likeness (QED) is 0.707. The van der Waals surface area contributed by atoms with Crippen LogP contribution in [0.4, 0.5) is 0 Å². The van der Waals surface area contributed by atoms with Crippen LogP contribution < -0.4 is 4.74 Å². The first-order valence-corrected chi connectivity index (χ1v) is 7.62. The van der Waals surface area contributed by atoms with Gasteiger partial charge in [0.15, 0.2) is 0 Å². The maximum absolute atomic E-state index is 9.34. The predicted molar refractivity (Wildman–Crippen MR) is 83.8 cm³/mol. The van der Waals surface area contributed by atoms with Gasteiger partial charge < -0.3 is 4.74 Å². The van der Waals surface area contributed by atoms with E-state index in [0.717, 1.165) is 16.2 Å². The van der Waals surface area contributed by atoms with Gasteiger partial charge >= 0.3 is 0 Å². The average Bonchev–Trinajstić information content (AvgIpc) is 2.42. The van der Waals surface area contributed by atoms with Gasteiger partial charge in [-0.1, -0.05) is 30.7 Å². The zero-order chi connectivity index (χ0) is 14.5. The predicted octanol–water partition coefficient (Wildman–Crippen LogP) is 5.42. The Morgan fingerprint density at radius 2 is 2.05 bits per heavy atom. The number of aryl methyl sites for hydroxylation is 1. The minimum Gasteiger partial charge on any atom is -0.454 e. The fourth-order valence-electron chi connectivity index (χ4n) is 1.79. The molecule has 0 radical (unpaired) electrons. The first-order chi connectivity index (χ1) is 9.65. The lowest BCUT2D eigenvalue weighted by atomic mass is 10.2. The molecular weight excluding hydrogens is 290 g/mol.